The Morgan fingerprint density at radius 2 is 2.14 bits per heavy atom. The maximum Gasteiger partial charge on any atom is 0.158 e. The molecule has 0 aliphatic rings. The fourth-order valence-corrected chi connectivity index (χ4v) is 3.27. The van der Waals surface area contributed by atoms with Crippen LogP contribution in [0.1, 0.15) is 16.0 Å². The van der Waals surface area contributed by atoms with Gasteiger partial charge in [0.05, 0.1) is 16.6 Å². The van der Waals surface area contributed by atoms with Gasteiger partial charge in [-0.25, -0.2) is 14.4 Å². The fourth-order valence-electron chi connectivity index (χ4n) is 2.06. The number of aryl methyl sites for hydroxylation is 2. The summed E-state index contributed by atoms with van der Waals surface area (Å²) in [4.78, 5) is 10.5. The second-order valence-corrected chi connectivity index (χ2v) is 6.30. The van der Waals surface area contributed by atoms with Gasteiger partial charge in [-0.3, -0.25) is 5.43 Å². The summed E-state index contributed by atoms with van der Waals surface area (Å²) in [6, 6.07) is 4.50. The lowest BCUT2D eigenvalue weighted by molar-refractivity contribution is 0.626. The number of hydrogen-bond acceptors (Lipinski definition) is 5. The number of hydrogen-bond donors (Lipinski definition) is 1. The van der Waals surface area contributed by atoms with Gasteiger partial charge in [0.2, 0.25) is 0 Å². The van der Waals surface area contributed by atoms with Crippen molar-refractivity contribution in [3.8, 4) is 0 Å². The Morgan fingerprint density at radius 3 is 2.91 bits per heavy atom. The zero-order valence-corrected chi connectivity index (χ0v) is 13.5. The van der Waals surface area contributed by atoms with Crippen LogP contribution in [0.25, 0.3) is 10.2 Å². The first-order valence-corrected chi connectivity index (χ1v) is 7.71. The zero-order chi connectivity index (χ0) is 15.7. The number of halogens is 2. The minimum absolute atomic E-state index is 0.236. The van der Waals surface area contributed by atoms with E-state index in [-0.39, 0.29) is 5.56 Å². The molecule has 22 heavy (non-hydrogen) atoms. The molecule has 0 saturated heterocycles. The Hall–Kier alpha value is -2.05. The smallest absolute Gasteiger partial charge is 0.158 e. The zero-order valence-electron chi connectivity index (χ0n) is 11.9. The van der Waals surface area contributed by atoms with Gasteiger partial charge in [0.25, 0.3) is 0 Å². The molecular formula is C15H12ClFN4S. The quantitative estimate of drug-likeness (QED) is 0.565. The lowest BCUT2D eigenvalue weighted by Gasteiger charge is -2.03. The van der Waals surface area contributed by atoms with Crippen LogP contribution < -0.4 is 5.43 Å². The second kappa shape index (κ2) is 5.98. The molecule has 0 unspecified atom stereocenters. The molecule has 0 atom stereocenters. The van der Waals surface area contributed by atoms with Crippen molar-refractivity contribution >= 4 is 45.2 Å². The van der Waals surface area contributed by atoms with Crippen LogP contribution in [-0.2, 0) is 0 Å². The summed E-state index contributed by atoms with van der Waals surface area (Å²) in [6.07, 6.45) is 2.83. The molecule has 0 amide bonds. The number of thiophene rings is 1. The molecule has 7 heteroatoms. The molecule has 0 radical (unpaired) electrons. The lowest BCUT2D eigenvalue weighted by Crippen LogP contribution is -1.97. The van der Waals surface area contributed by atoms with Crippen molar-refractivity contribution in [3.05, 3.63) is 51.4 Å². The van der Waals surface area contributed by atoms with Crippen LogP contribution in [0.3, 0.4) is 0 Å². The number of nitrogens with zero attached hydrogens (tertiary/aromatic N) is 3. The van der Waals surface area contributed by atoms with Crippen molar-refractivity contribution < 1.29 is 4.39 Å². The summed E-state index contributed by atoms with van der Waals surface area (Å²) in [5.41, 5.74) is 4.19. The predicted molar refractivity (Wildman–Crippen MR) is 89.5 cm³/mol. The van der Waals surface area contributed by atoms with E-state index in [9.17, 15) is 4.39 Å². The molecule has 0 bridgehead atoms. The van der Waals surface area contributed by atoms with Gasteiger partial charge >= 0.3 is 0 Å². The molecule has 1 aromatic carbocycles. The van der Waals surface area contributed by atoms with E-state index in [2.05, 4.69) is 20.5 Å². The third-order valence-corrected chi connectivity index (χ3v) is 4.77. The molecule has 0 fully saturated rings. The maximum absolute atomic E-state index is 13.7. The van der Waals surface area contributed by atoms with E-state index in [1.807, 2.05) is 13.8 Å². The molecule has 4 nitrogen and oxygen atoms in total. The Balaban J connectivity index is 1.93. The van der Waals surface area contributed by atoms with E-state index < -0.39 is 5.82 Å². The van der Waals surface area contributed by atoms with Crippen LogP contribution in [0.2, 0.25) is 5.02 Å². The van der Waals surface area contributed by atoms with E-state index in [0.29, 0.717) is 10.8 Å². The minimum Gasteiger partial charge on any atom is -0.261 e. The minimum atomic E-state index is -0.423. The standard InChI is InChI=1S/C15H12ClFN4S/c1-8-9(2)22-15-13(8)14(18-7-19-15)21-20-6-10-11(16)4-3-5-12(10)17/h3-7H,1-2H3,(H,18,19,21)/b20-6-. The Morgan fingerprint density at radius 1 is 1.32 bits per heavy atom. The van der Waals surface area contributed by atoms with Gasteiger partial charge in [-0.05, 0) is 31.5 Å². The van der Waals surface area contributed by atoms with Crippen molar-refractivity contribution in [2.75, 3.05) is 5.43 Å². The Kier molecular flexibility index (Phi) is 4.04. The molecular weight excluding hydrogens is 323 g/mol. The van der Waals surface area contributed by atoms with Crippen molar-refractivity contribution in [2.45, 2.75) is 13.8 Å². The highest BCUT2D eigenvalue weighted by molar-refractivity contribution is 7.18. The summed E-state index contributed by atoms with van der Waals surface area (Å²) < 4.78 is 13.7. The molecule has 2 heterocycles. The highest BCUT2D eigenvalue weighted by Crippen LogP contribution is 2.32. The summed E-state index contributed by atoms with van der Waals surface area (Å²) in [6.45, 7) is 4.05. The van der Waals surface area contributed by atoms with Gasteiger partial charge in [-0.15, -0.1) is 11.3 Å². The predicted octanol–water partition coefficient (Wildman–Crippen LogP) is 4.55. The summed E-state index contributed by atoms with van der Waals surface area (Å²) in [7, 11) is 0. The number of rotatable bonds is 3. The normalized spacial score (nSPS) is 11.5. The third-order valence-electron chi connectivity index (χ3n) is 3.33. The number of aromatic nitrogens is 2. The van der Waals surface area contributed by atoms with Gasteiger partial charge in [-0.2, -0.15) is 5.10 Å². The van der Waals surface area contributed by atoms with Crippen LogP contribution in [0.5, 0.6) is 0 Å². The molecule has 0 aliphatic carbocycles. The van der Waals surface area contributed by atoms with Crippen molar-refractivity contribution in [1.82, 2.24) is 9.97 Å². The summed E-state index contributed by atoms with van der Waals surface area (Å²) >= 11 is 7.56. The van der Waals surface area contributed by atoms with Crippen LogP contribution in [-0.4, -0.2) is 16.2 Å². The largest absolute Gasteiger partial charge is 0.261 e. The average Bonchev–Trinajstić information content (AvgIpc) is 2.78. The van der Waals surface area contributed by atoms with Gasteiger partial charge in [0.1, 0.15) is 17.0 Å². The summed E-state index contributed by atoms with van der Waals surface area (Å²) in [5, 5.41) is 5.29. The molecule has 1 N–H and O–H groups in total. The highest BCUT2D eigenvalue weighted by Gasteiger charge is 2.11. The second-order valence-electron chi connectivity index (χ2n) is 4.69. The fraction of sp³-hybridized carbons (Fsp3) is 0.133. The van der Waals surface area contributed by atoms with E-state index in [1.54, 1.807) is 23.5 Å². The lowest BCUT2D eigenvalue weighted by atomic mass is 10.2. The number of benzene rings is 1. The van der Waals surface area contributed by atoms with Gasteiger partial charge in [0.15, 0.2) is 5.82 Å². The molecule has 3 rings (SSSR count). The Bertz CT molecular complexity index is 855. The van der Waals surface area contributed by atoms with E-state index in [4.69, 9.17) is 11.6 Å². The molecule has 112 valence electrons. The first-order valence-electron chi connectivity index (χ1n) is 6.51. The summed E-state index contributed by atoms with van der Waals surface area (Å²) in [5.74, 6) is 0.170. The Labute approximate surface area is 135 Å². The first kappa shape index (κ1) is 14.9. The number of fused-ring (bicyclic) bond motifs is 1. The van der Waals surface area contributed by atoms with Crippen LogP contribution >= 0.6 is 22.9 Å². The SMILES string of the molecule is Cc1sc2ncnc(N/N=C\c3c(F)cccc3Cl)c2c1C. The van der Waals surface area contributed by atoms with Crippen LogP contribution in [0, 0.1) is 19.7 Å². The topological polar surface area (TPSA) is 50.2 Å². The molecule has 2 aromatic heterocycles. The van der Waals surface area contributed by atoms with Gasteiger partial charge < -0.3 is 0 Å². The molecule has 0 aliphatic heterocycles. The van der Waals surface area contributed by atoms with Crippen molar-refractivity contribution in [2.24, 2.45) is 5.10 Å². The van der Waals surface area contributed by atoms with Crippen LogP contribution in [0.15, 0.2) is 29.6 Å². The first-order chi connectivity index (χ1) is 10.6. The number of hydrazone groups is 1. The molecule has 0 saturated carbocycles. The molecule has 0 spiro atoms. The van der Waals surface area contributed by atoms with E-state index in [0.717, 1.165) is 15.8 Å². The van der Waals surface area contributed by atoms with Crippen molar-refractivity contribution in [3.63, 3.8) is 0 Å². The number of nitrogens with one attached hydrogen (secondary N) is 1. The van der Waals surface area contributed by atoms with Crippen molar-refractivity contribution in [1.29, 1.82) is 0 Å². The monoisotopic (exact) mass is 334 g/mol. The number of anilines is 1. The molecule has 3 aromatic rings. The average molecular weight is 335 g/mol. The van der Waals surface area contributed by atoms with Gasteiger partial charge in [-0.1, -0.05) is 17.7 Å². The van der Waals surface area contributed by atoms with E-state index >= 15 is 0 Å². The highest BCUT2D eigenvalue weighted by atomic mass is 35.5. The van der Waals surface area contributed by atoms with E-state index in [1.165, 1.54) is 23.5 Å². The van der Waals surface area contributed by atoms with Gasteiger partial charge in [0, 0.05) is 10.4 Å². The maximum atomic E-state index is 13.7. The van der Waals surface area contributed by atoms with Crippen LogP contribution in [0.4, 0.5) is 10.2 Å². The third kappa shape index (κ3) is 2.67.